The van der Waals surface area contributed by atoms with Crippen LogP contribution < -0.4 is 16.0 Å². The van der Waals surface area contributed by atoms with Crippen molar-refractivity contribution in [2.24, 2.45) is 0 Å². The molecule has 122 valence electrons. The number of anilines is 1. The van der Waals surface area contributed by atoms with Gasteiger partial charge in [0.05, 0.1) is 10.2 Å². The largest absolute Gasteiger partial charge is 0.360 e. The highest BCUT2D eigenvalue weighted by molar-refractivity contribution is 7.22. The van der Waals surface area contributed by atoms with Crippen molar-refractivity contribution in [3.8, 4) is 0 Å². The number of para-hydroxylation sites is 1. The molecule has 7 heteroatoms. The zero-order chi connectivity index (χ0) is 16.7. The van der Waals surface area contributed by atoms with Gasteiger partial charge < -0.3 is 16.0 Å². The zero-order valence-corrected chi connectivity index (χ0v) is 13.8. The Morgan fingerprint density at radius 3 is 2.83 bits per heavy atom. The number of benzene rings is 1. The molecule has 0 radical (unpaired) electrons. The van der Waals surface area contributed by atoms with E-state index < -0.39 is 6.04 Å². The second-order valence-electron chi connectivity index (χ2n) is 4.98. The molecular formula is C16H20N4O2S. The van der Waals surface area contributed by atoms with Crippen LogP contribution in [0.3, 0.4) is 0 Å². The van der Waals surface area contributed by atoms with Gasteiger partial charge >= 0.3 is 0 Å². The van der Waals surface area contributed by atoms with E-state index in [0.29, 0.717) is 19.5 Å². The molecule has 23 heavy (non-hydrogen) atoms. The van der Waals surface area contributed by atoms with E-state index in [4.69, 9.17) is 0 Å². The van der Waals surface area contributed by atoms with Crippen LogP contribution in [0.25, 0.3) is 10.2 Å². The Labute approximate surface area is 139 Å². The molecule has 2 rings (SSSR count). The summed E-state index contributed by atoms with van der Waals surface area (Å²) in [5, 5.41) is 9.40. The summed E-state index contributed by atoms with van der Waals surface area (Å²) in [6.07, 6.45) is 2.01. The number of carbonyl (C=O) groups is 2. The molecular weight excluding hydrogens is 312 g/mol. The summed E-state index contributed by atoms with van der Waals surface area (Å²) in [5.41, 5.74) is 0.959. The topological polar surface area (TPSA) is 83.1 Å². The molecule has 1 aromatic heterocycles. The van der Waals surface area contributed by atoms with E-state index >= 15 is 0 Å². The number of nitrogens with one attached hydrogen (secondary N) is 3. The molecule has 0 saturated carbocycles. The number of hydrogen-bond acceptors (Lipinski definition) is 5. The first-order valence-corrected chi connectivity index (χ1v) is 8.17. The second-order valence-corrected chi connectivity index (χ2v) is 6.01. The van der Waals surface area contributed by atoms with E-state index in [1.807, 2.05) is 24.3 Å². The minimum absolute atomic E-state index is 0.216. The van der Waals surface area contributed by atoms with Crippen LogP contribution in [0.5, 0.6) is 0 Å². The van der Waals surface area contributed by atoms with Gasteiger partial charge in [-0.15, -0.1) is 6.58 Å². The lowest BCUT2D eigenvalue weighted by atomic mass is 10.2. The number of rotatable bonds is 8. The second kappa shape index (κ2) is 8.28. The summed E-state index contributed by atoms with van der Waals surface area (Å²) in [5.74, 6) is -0.453. The molecule has 0 aliphatic carbocycles. The normalized spacial score (nSPS) is 11.7. The third-order valence-electron chi connectivity index (χ3n) is 3.09. The smallest absolute Gasteiger partial charge is 0.242 e. The minimum atomic E-state index is -0.576. The number of fused-ring (bicyclic) bond motifs is 1. The molecule has 1 heterocycles. The van der Waals surface area contributed by atoms with E-state index in [0.717, 1.165) is 15.3 Å². The zero-order valence-electron chi connectivity index (χ0n) is 13.0. The summed E-state index contributed by atoms with van der Waals surface area (Å²) in [6.45, 7) is 5.99. The minimum Gasteiger partial charge on any atom is -0.360 e. The Morgan fingerprint density at radius 2 is 2.13 bits per heavy atom. The lowest BCUT2D eigenvalue weighted by molar-refractivity contribution is -0.127. The van der Waals surface area contributed by atoms with Crippen molar-refractivity contribution in [1.82, 2.24) is 15.6 Å². The number of carbonyl (C=O) groups excluding carboxylic acids is 2. The SMILES string of the molecule is C=CC[C@H](NC(C)=O)C(=O)NCCNc1nc2ccccc2s1. The number of thiazole rings is 1. The van der Waals surface area contributed by atoms with Crippen molar-refractivity contribution >= 4 is 38.5 Å². The lowest BCUT2D eigenvalue weighted by Gasteiger charge is -2.15. The average molecular weight is 332 g/mol. The predicted octanol–water partition coefficient (Wildman–Crippen LogP) is 1.91. The molecule has 0 bridgehead atoms. The highest BCUT2D eigenvalue weighted by Crippen LogP contribution is 2.24. The van der Waals surface area contributed by atoms with E-state index in [9.17, 15) is 9.59 Å². The van der Waals surface area contributed by atoms with Crippen molar-refractivity contribution in [2.75, 3.05) is 18.4 Å². The fourth-order valence-corrected chi connectivity index (χ4v) is 2.96. The van der Waals surface area contributed by atoms with Crippen LogP contribution in [-0.4, -0.2) is 35.9 Å². The fraction of sp³-hybridized carbons (Fsp3) is 0.312. The Kier molecular flexibility index (Phi) is 6.10. The predicted molar refractivity (Wildman–Crippen MR) is 93.5 cm³/mol. The highest BCUT2D eigenvalue weighted by Gasteiger charge is 2.17. The third-order valence-corrected chi connectivity index (χ3v) is 4.08. The van der Waals surface area contributed by atoms with Crippen LogP contribution in [0.1, 0.15) is 13.3 Å². The maximum absolute atomic E-state index is 12.0. The average Bonchev–Trinajstić information content (AvgIpc) is 2.93. The van der Waals surface area contributed by atoms with Crippen molar-refractivity contribution in [3.05, 3.63) is 36.9 Å². The molecule has 0 aliphatic rings. The van der Waals surface area contributed by atoms with Gasteiger partial charge in [0.1, 0.15) is 6.04 Å². The maximum atomic E-state index is 12.0. The van der Waals surface area contributed by atoms with Crippen LogP contribution in [0.15, 0.2) is 36.9 Å². The van der Waals surface area contributed by atoms with Crippen LogP contribution in [0, 0.1) is 0 Å². The molecule has 2 amide bonds. The van der Waals surface area contributed by atoms with Gasteiger partial charge in [-0.05, 0) is 18.6 Å². The Hall–Kier alpha value is -2.41. The van der Waals surface area contributed by atoms with Gasteiger partial charge in [0, 0.05) is 20.0 Å². The number of amides is 2. The monoisotopic (exact) mass is 332 g/mol. The molecule has 0 fully saturated rings. The Balaban J connectivity index is 1.78. The first-order chi connectivity index (χ1) is 11.1. The van der Waals surface area contributed by atoms with Crippen LogP contribution >= 0.6 is 11.3 Å². The number of aromatic nitrogens is 1. The van der Waals surface area contributed by atoms with Crippen molar-refractivity contribution in [3.63, 3.8) is 0 Å². The molecule has 0 aliphatic heterocycles. The summed E-state index contributed by atoms with van der Waals surface area (Å²) < 4.78 is 1.12. The molecule has 1 atom stereocenters. The van der Waals surface area contributed by atoms with Crippen molar-refractivity contribution in [2.45, 2.75) is 19.4 Å². The summed E-state index contributed by atoms with van der Waals surface area (Å²) >= 11 is 1.57. The molecule has 3 N–H and O–H groups in total. The van der Waals surface area contributed by atoms with Gasteiger partial charge in [-0.1, -0.05) is 29.5 Å². The van der Waals surface area contributed by atoms with Crippen molar-refractivity contribution < 1.29 is 9.59 Å². The molecule has 0 saturated heterocycles. The number of hydrogen-bond donors (Lipinski definition) is 3. The summed E-state index contributed by atoms with van der Waals surface area (Å²) in [6, 6.07) is 7.34. The third kappa shape index (κ3) is 5.07. The Morgan fingerprint density at radius 1 is 1.35 bits per heavy atom. The van der Waals surface area contributed by atoms with Gasteiger partial charge in [-0.2, -0.15) is 0 Å². The van der Waals surface area contributed by atoms with E-state index in [1.165, 1.54) is 6.92 Å². The van der Waals surface area contributed by atoms with E-state index in [1.54, 1.807) is 17.4 Å². The van der Waals surface area contributed by atoms with Crippen LogP contribution in [0.4, 0.5) is 5.13 Å². The lowest BCUT2D eigenvalue weighted by Crippen LogP contribution is -2.46. The maximum Gasteiger partial charge on any atom is 0.242 e. The molecule has 0 unspecified atom stereocenters. The van der Waals surface area contributed by atoms with Crippen LogP contribution in [0.2, 0.25) is 0 Å². The molecule has 0 spiro atoms. The Bertz CT molecular complexity index is 665. The summed E-state index contributed by atoms with van der Waals surface area (Å²) in [4.78, 5) is 27.6. The van der Waals surface area contributed by atoms with Crippen molar-refractivity contribution in [1.29, 1.82) is 0 Å². The quantitative estimate of drug-likeness (QED) is 0.509. The van der Waals surface area contributed by atoms with Gasteiger partial charge in [0.25, 0.3) is 0 Å². The molecule has 2 aromatic rings. The highest BCUT2D eigenvalue weighted by atomic mass is 32.1. The van der Waals surface area contributed by atoms with Crippen LogP contribution in [-0.2, 0) is 9.59 Å². The number of nitrogens with zero attached hydrogens (tertiary/aromatic N) is 1. The first-order valence-electron chi connectivity index (χ1n) is 7.35. The van der Waals surface area contributed by atoms with E-state index in [-0.39, 0.29) is 11.8 Å². The molecule has 6 nitrogen and oxygen atoms in total. The van der Waals surface area contributed by atoms with E-state index in [2.05, 4.69) is 27.5 Å². The standard InChI is InChI=1S/C16H20N4O2S/c1-3-6-13(19-11(2)21)15(22)17-9-10-18-16-20-12-7-4-5-8-14(12)23-16/h3-5,7-8,13H,1,6,9-10H2,2H3,(H,17,22)(H,18,20)(H,19,21)/t13-/m0/s1. The van der Waals surface area contributed by atoms with Gasteiger partial charge in [0.15, 0.2) is 5.13 Å². The summed E-state index contributed by atoms with van der Waals surface area (Å²) in [7, 11) is 0. The molecule has 1 aromatic carbocycles. The fourth-order valence-electron chi connectivity index (χ4n) is 2.07. The van der Waals surface area contributed by atoms with Gasteiger partial charge in [0.2, 0.25) is 11.8 Å². The van der Waals surface area contributed by atoms with Gasteiger partial charge in [-0.25, -0.2) is 4.98 Å². The first kappa shape index (κ1) is 17.0. The van der Waals surface area contributed by atoms with Gasteiger partial charge in [-0.3, -0.25) is 9.59 Å².